The number of aliphatic carboxylic acids is 1. The van der Waals surface area contributed by atoms with E-state index in [1.165, 1.54) is 7.11 Å². The molecule has 0 aliphatic carbocycles. The van der Waals surface area contributed by atoms with E-state index in [1.807, 2.05) is 54.6 Å². The minimum atomic E-state index is -0.957. The molecule has 2 rings (SSSR count). The van der Waals surface area contributed by atoms with Crippen molar-refractivity contribution in [2.24, 2.45) is 0 Å². The predicted octanol–water partition coefficient (Wildman–Crippen LogP) is 1.99. The average molecular weight is 376 g/mol. The third-order valence-electron chi connectivity index (χ3n) is 3.15. The van der Waals surface area contributed by atoms with Crippen molar-refractivity contribution in [3.05, 3.63) is 65.7 Å². The maximum absolute atomic E-state index is 10.9. The van der Waals surface area contributed by atoms with E-state index in [9.17, 15) is 4.79 Å². The van der Waals surface area contributed by atoms with Crippen LogP contribution >= 0.6 is 0 Å². The van der Waals surface area contributed by atoms with Crippen molar-refractivity contribution < 1.29 is 19.4 Å². The van der Waals surface area contributed by atoms with Crippen molar-refractivity contribution in [1.29, 1.82) is 0 Å². The van der Waals surface area contributed by atoms with Gasteiger partial charge in [0, 0.05) is 13.5 Å². The minimum absolute atomic E-state index is 0. The first-order valence-corrected chi connectivity index (χ1v) is 6.70. The molecule has 0 aliphatic heterocycles. The molecule has 0 aromatic heterocycles. The van der Waals surface area contributed by atoms with Gasteiger partial charge < -0.3 is 14.6 Å². The fourth-order valence-electron chi connectivity index (χ4n) is 1.95. The Kier molecular flexibility index (Phi) is 8.75. The summed E-state index contributed by atoms with van der Waals surface area (Å²) in [4.78, 5) is 10.9. The fourth-order valence-corrected chi connectivity index (χ4v) is 1.95. The predicted molar refractivity (Wildman–Crippen MR) is 87.9 cm³/mol. The number of carbonyl (C=O) groups is 1. The Morgan fingerprint density at radius 3 is 2.23 bits per heavy atom. The topological polar surface area (TPSA) is 55.8 Å². The van der Waals surface area contributed by atoms with Crippen LogP contribution in [0, 0.1) is 0 Å². The molecular weight excluding hydrogens is 356 g/mol. The Labute approximate surface area is 167 Å². The first-order chi connectivity index (χ1) is 10.2. The molecule has 1 N–H and O–H groups in total. The van der Waals surface area contributed by atoms with Gasteiger partial charge in [-0.05, 0) is 23.3 Å². The van der Waals surface area contributed by atoms with Crippen molar-refractivity contribution in [3.8, 4) is 5.75 Å². The second kappa shape index (κ2) is 10.0. The fraction of sp³-hybridized carbons (Fsp3) is 0.235. The standard InChI is InChI=1S/C17H18O4.Sr.2H/c1-20-16(17(18)19)11-13-7-9-15(10-8-13)21-12-14-5-3-2-4-6-14;;;/h2-10,16H,11-12H2,1H3,(H,18,19);;;. The van der Waals surface area contributed by atoms with Gasteiger partial charge in [-0.15, -0.1) is 0 Å². The van der Waals surface area contributed by atoms with Crippen molar-refractivity contribution >= 4 is 51.5 Å². The summed E-state index contributed by atoms with van der Waals surface area (Å²) in [6.45, 7) is 0.510. The van der Waals surface area contributed by atoms with Gasteiger partial charge in [-0.25, -0.2) is 4.79 Å². The molecule has 0 saturated carbocycles. The number of carboxylic acid groups (broad SMARTS) is 1. The quantitative estimate of drug-likeness (QED) is 0.752. The summed E-state index contributed by atoms with van der Waals surface area (Å²) in [5, 5.41) is 8.95. The molecule has 0 radical (unpaired) electrons. The Balaban J connectivity index is 0.00000242. The van der Waals surface area contributed by atoms with Gasteiger partial charge in [-0.1, -0.05) is 42.5 Å². The molecule has 0 bridgehead atoms. The summed E-state index contributed by atoms with van der Waals surface area (Å²) in [6.07, 6.45) is -0.480. The number of ether oxygens (including phenoxy) is 2. The van der Waals surface area contributed by atoms with Crippen molar-refractivity contribution in [1.82, 2.24) is 0 Å². The first-order valence-electron chi connectivity index (χ1n) is 6.70. The zero-order valence-electron chi connectivity index (χ0n) is 11.9. The summed E-state index contributed by atoms with van der Waals surface area (Å²) < 4.78 is 10.6. The maximum atomic E-state index is 10.9. The van der Waals surface area contributed by atoms with E-state index in [1.54, 1.807) is 0 Å². The Bertz CT molecular complexity index is 569. The number of benzene rings is 2. The van der Waals surface area contributed by atoms with E-state index < -0.39 is 12.1 Å². The summed E-state index contributed by atoms with van der Waals surface area (Å²) in [5.74, 6) is -0.200. The van der Waals surface area contributed by atoms with Gasteiger partial charge in [-0.2, -0.15) is 0 Å². The molecule has 22 heavy (non-hydrogen) atoms. The second-order valence-corrected chi connectivity index (χ2v) is 4.68. The Morgan fingerprint density at radius 2 is 1.68 bits per heavy atom. The number of hydrogen-bond donors (Lipinski definition) is 1. The van der Waals surface area contributed by atoms with E-state index in [0.717, 1.165) is 16.9 Å². The molecule has 5 heteroatoms. The Morgan fingerprint density at radius 1 is 1.05 bits per heavy atom. The van der Waals surface area contributed by atoms with Crippen LogP contribution in [0.4, 0.5) is 0 Å². The number of carboxylic acids is 1. The van der Waals surface area contributed by atoms with Crippen LogP contribution in [0.15, 0.2) is 54.6 Å². The van der Waals surface area contributed by atoms with Crippen molar-refractivity contribution in [3.63, 3.8) is 0 Å². The van der Waals surface area contributed by atoms with Gasteiger partial charge in [0.25, 0.3) is 0 Å². The van der Waals surface area contributed by atoms with Crippen LogP contribution in [0.25, 0.3) is 0 Å². The zero-order chi connectivity index (χ0) is 15.1. The van der Waals surface area contributed by atoms with Crippen LogP contribution in [-0.2, 0) is 22.6 Å². The first kappa shape index (κ1) is 19.2. The van der Waals surface area contributed by atoms with E-state index in [4.69, 9.17) is 14.6 Å². The molecule has 114 valence electrons. The van der Waals surface area contributed by atoms with Crippen molar-refractivity contribution in [2.45, 2.75) is 19.1 Å². The van der Waals surface area contributed by atoms with Crippen LogP contribution in [-0.4, -0.2) is 69.8 Å². The molecule has 2 aromatic rings. The molecule has 0 saturated heterocycles. The van der Waals surface area contributed by atoms with Crippen LogP contribution in [0.1, 0.15) is 11.1 Å². The monoisotopic (exact) mass is 376 g/mol. The van der Waals surface area contributed by atoms with Gasteiger partial charge in [0.15, 0.2) is 6.10 Å². The number of hydrogen-bond acceptors (Lipinski definition) is 3. The van der Waals surface area contributed by atoms with Gasteiger partial charge in [0.1, 0.15) is 12.4 Å². The molecule has 0 heterocycles. The SMILES string of the molecule is COC(Cc1ccc(OCc2ccccc2)cc1)C(=O)O.[SrH2]. The molecule has 0 aliphatic rings. The van der Waals surface area contributed by atoms with Gasteiger partial charge >= 0.3 is 51.5 Å². The third kappa shape index (κ3) is 6.10. The van der Waals surface area contributed by atoms with Crippen LogP contribution in [0.5, 0.6) is 5.75 Å². The zero-order valence-corrected chi connectivity index (χ0v) is 11.9. The van der Waals surface area contributed by atoms with E-state index >= 15 is 0 Å². The van der Waals surface area contributed by atoms with Gasteiger partial charge in [0.05, 0.1) is 0 Å². The van der Waals surface area contributed by atoms with Crippen LogP contribution in [0.2, 0.25) is 0 Å². The third-order valence-corrected chi connectivity index (χ3v) is 3.15. The molecule has 4 nitrogen and oxygen atoms in total. The number of rotatable bonds is 7. The summed E-state index contributed by atoms with van der Waals surface area (Å²) in [6, 6.07) is 17.3. The summed E-state index contributed by atoms with van der Waals surface area (Å²) in [5.41, 5.74) is 2.00. The average Bonchev–Trinajstić information content (AvgIpc) is 2.52. The second-order valence-electron chi connectivity index (χ2n) is 4.68. The van der Waals surface area contributed by atoms with Gasteiger partial charge in [-0.3, -0.25) is 0 Å². The number of methoxy groups -OCH3 is 1. The normalized spacial score (nSPS) is 11.3. The molecule has 1 atom stereocenters. The van der Waals surface area contributed by atoms with E-state index in [2.05, 4.69) is 0 Å². The van der Waals surface area contributed by atoms with Crippen LogP contribution in [0.3, 0.4) is 0 Å². The van der Waals surface area contributed by atoms with E-state index in [-0.39, 0.29) is 45.5 Å². The van der Waals surface area contributed by atoms with E-state index in [0.29, 0.717) is 13.0 Å². The summed E-state index contributed by atoms with van der Waals surface area (Å²) >= 11 is 0. The van der Waals surface area contributed by atoms with Crippen LogP contribution < -0.4 is 4.74 Å². The summed E-state index contributed by atoms with van der Waals surface area (Å²) in [7, 11) is 1.40. The molecule has 0 spiro atoms. The molecule has 0 fully saturated rings. The molecule has 2 aromatic carbocycles. The molecule has 0 amide bonds. The molecular formula is C17H20O4Sr. The molecule has 1 unspecified atom stereocenters. The van der Waals surface area contributed by atoms with Crippen molar-refractivity contribution in [2.75, 3.05) is 7.11 Å². The van der Waals surface area contributed by atoms with Gasteiger partial charge in [0.2, 0.25) is 0 Å². The Hall–Kier alpha value is -0.849.